The second kappa shape index (κ2) is 12.6. The van der Waals surface area contributed by atoms with Crippen LogP contribution in [0.3, 0.4) is 0 Å². The number of allylic oxidation sites excluding steroid dienone is 16. The van der Waals surface area contributed by atoms with Crippen LogP contribution in [-0.2, 0) is 24.1 Å². The number of alkyl halides is 3. The summed E-state index contributed by atoms with van der Waals surface area (Å²) in [6.45, 7) is 10.1. The summed E-state index contributed by atoms with van der Waals surface area (Å²) in [6.07, 6.45) is 32.0. The zero-order valence-corrected chi connectivity index (χ0v) is 33.5. The van der Waals surface area contributed by atoms with E-state index >= 15 is 0 Å². The number of hydrogen-bond donors (Lipinski definition) is 0. The van der Waals surface area contributed by atoms with Crippen LogP contribution >= 0.6 is 34.8 Å². The van der Waals surface area contributed by atoms with Crippen LogP contribution in [0.5, 0.6) is 0 Å². The van der Waals surface area contributed by atoms with Crippen molar-refractivity contribution < 1.29 is 17.1 Å². The number of aryl methyl sites for hydroxylation is 1. The van der Waals surface area contributed by atoms with Gasteiger partial charge >= 0.3 is 17.1 Å². The van der Waals surface area contributed by atoms with Crippen LogP contribution in [0.4, 0.5) is 0 Å². The summed E-state index contributed by atoms with van der Waals surface area (Å²) < 4.78 is 1.98. The van der Waals surface area contributed by atoms with Crippen LogP contribution in [0.15, 0.2) is 72.9 Å². The first-order valence-electron chi connectivity index (χ1n) is 17.4. The van der Waals surface area contributed by atoms with E-state index in [0.717, 1.165) is 44.5 Å². The molecule has 9 rings (SSSR count). The standard InChI is InChI=1S/C42H34Cl3N8.Cu/c1-39(2)15-7-23-24(8-16-39)35-49-31(23)46-32-25-9-17-40(3,43)18-10-26(25)33(47-32)48-34-27-11-19-41(4,44)20-12-28(27)36(50-34)52-38-30-14-22-42(5,45)21-13-29(30)37(51-35)53(38)6;/h7-22H,1-6H3;/q-1;+1. The fourth-order valence-corrected chi connectivity index (χ4v) is 7.26. The molecular weight excluding hydrogens is 786 g/mol. The van der Waals surface area contributed by atoms with Gasteiger partial charge in [-0.2, -0.15) is 0 Å². The molecule has 8 bridgehead atoms. The zero-order chi connectivity index (χ0) is 37.1. The third-order valence-corrected chi connectivity index (χ3v) is 10.8. The van der Waals surface area contributed by atoms with Crippen molar-refractivity contribution in [1.29, 1.82) is 0 Å². The van der Waals surface area contributed by atoms with Crippen LogP contribution in [-0.4, -0.2) is 49.1 Å². The molecule has 12 heteroatoms. The Kier molecular flexibility index (Phi) is 8.53. The van der Waals surface area contributed by atoms with Gasteiger partial charge in [-0.3, -0.25) is 0 Å². The summed E-state index contributed by atoms with van der Waals surface area (Å²) in [6, 6.07) is 0. The van der Waals surface area contributed by atoms with E-state index in [0.29, 0.717) is 45.9 Å². The first-order valence-corrected chi connectivity index (χ1v) is 18.5. The number of rotatable bonds is 0. The molecule has 0 saturated heterocycles. The average molecular weight is 821 g/mol. The summed E-state index contributed by atoms with van der Waals surface area (Å²) in [5, 5.41) is 0. The molecule has 3 aromatic heterocycles. The Labute approximate surface area is 338 Å². The van der Waals surface area contributed by atoms with Crippen LogP contribution in [0, 0.1) is 5.41 Å². The monoisotopic (exact) mass is 818 g/mol. The van der Waals surface area contributed by atoms with Crippen molar-refractivity contribution in [3.05, 3.63) is 118 Å². The molecule has 0 N–H and O–H groups in total. The van der Waals surface area contributed by atoms with Crippen molar-refractivity contribution in [1.82, 2.24) is 39.5 Å². The van der Waals surface area contributed by atoms with Gasteiger partial charge in [-0.15, -0.1) is 34.8 Å². The molecule has 2 aliphatic heterocycles. The Morgan fingerprint density at radius 3 is 1.15 bits per heavy atom. The first-order chi connectivity index (χ1) is 25.1. The number of hydrogen-bond acceptors (Lipinski definition) is 6. The van der Waals surface area contributed by atoms with E-state index in [1.54, 1.807) is 0 Å². The maximum Gasteiger partial charge on any atom is 1.00 e. The fraction of sp³-hybridized carbons (Fsp3) is 0.238. The minimum Gasteiger partial charge on any atom is -0.357 e. The Balaban J connectivity index is 0.00000413. The normalized spacial score (nSPS) is 25.7. The number of halogens is 3. The molecule has 0 radical (unpaired) electrons. The van der Waals surface area contributed by atoms with E-state index < -0.39 is 14.6 Å². The second-order valence-electron chi connectivity index (χ2n) is 15.2. The minimum atomic E-state index is -0.718. The topological polar surface area (TPSA) is 96.4 Å². The van der Waals surface area contributed by atoms with Crippen molar-refractivity contribution >= 4 is 104 Å². The molecule has 0 spiro atoms. The molecule has 274 valence electrons. The second-order valence-corrected chi connectivity index (χ2v) is 17.6. The molecule has 0 aromatic carbocycles. The van der Waals surface area contributed by atoms with Crippen molar-refractivity contribution in [3.63, 3.8) is 0 Å². The number of nitrogens with zero attached hydrogens (tertiary/aromatic N) is 8. The van der Waals surface area contributed by atoms with E-state index in [4.69, 9.17) is 69.7 Å². The molecule has 3 aromatic rings. The maximum atomic E-state index is 6.87. The molecule has 8 nitrogen and oxygen atoms in total. The SMILES string of the molecule is Cn1c2nc3nc(nc4[n-]c(nc5nc(nc1c1c2C=CC(C)(Cl)C=C1)C1=C5C=CC(C)(Cl)C=C1)c1c4C=CC(C)(Cl)C=C1)C1=C3C=CC(C)(C)C=C1.[Cu+]. The predicted octanol–water partition coefficient (Wildman–Crippen LogP) is 9.70. The molecule has 5 heterocycles. The van der Waals surface area contributed by atoms with Crippen LogP contribution in [0.25, 0.3) is 69.2 Å². The summed E-state index contributed by atoms with van der Waals surface area (Å²) in [5.41, 5.74) is 8.58. The Hall–Kier alpha value is -4.37. The minimum absolute atomic E-state index is 0. The first kappa shape index (κ1) is 36.6. The summed E-state index contributed by atoms with van der Waals surface area (Å²) in [5.74, 6) is 1.96. The Morgan fingerprint density at radius 1 is 0.444 bits per heavy atom. The fourth-order valence-electron chi connectivity index (χ4n) is 6.88. The number of aromatic nitrogens is 8. The molecule has 0 saturated carbocycles. The van der Waals surface area contributed by atoms with E-state index in [1.165, 1.54) is 0 Å². The molecule has 3 unspecified atom stereocenters. The van der Waals surface area contributed by atoms with Crippen molar-refractivity contribution in [2.24, 2.45) is 12.5 Å². The smallest absolute Gasteiger partial charge is 0.357 e. The largest absolute Gasteiger partial charge is 1.00 e. The average Bonchev–Trinajstić information content (AvgIpc) is 3.59. The third kappa shape index (κ3) is 6.36. The van der Waals surface area contributed by atoms with Crippen molar-refractivity contribution in [3.8, 4) is 0 Å². The van der Waals surface area contributed by atoms with Gasteiger partial charge in [0.25, 0.3) is 0 Å². The predicted molar refractivity (Wildman–Crippen MR) is 219 cm³/mol. The van der Waals surface area contributed by atoms with Crippen LogP contribution in [0.2, 0.25) is 0 Å². The maximum absolute atomic E-state index is 6.87. The third-order valence-electron chi connectivity index (χ3n) is 10.0. The quantitative estimate of drug-likeness (QED) is 0.165. The van der Waals surface area contributed by atoms with Gasteiger partial charge in [-0.1, -0.05) is 111 Å². The van der Waals surface area contributed by atoms with Gasteiger partial charge in [0.15, 0.2) is 11.6 Å². The summed E-state index contributed by atoms with van der Waals surface area (Å²) in [7, 11) is 1.95. The summed E-state index contributed by atoms with van der Waals surface area (Å²) >= 11 is 20.6. The van der Waals surface area contributed by atoms with Gasteiger partial charge in [0, 0.05) is 57.2 Å². The van der Waals surface area contributed by atoms with Crippen molar-refractivity contribution in [2.45, 2.75) is 49.2 Å². The molecule has 4 aliphatic carbocycles. The Morgan fingerprint density at radius 2 is 0.759 bits per heavy atom. The van der Waals surface area contributed by atoms with E-state index in [1.807, 2.05) is 105 Å². The van der Waals surface area contributed by atoms with Crippen LogP contribution in [0.1, 0.15) is 80.2 Å². The van der Waals surface area contributed by atoms with Gasteiger partial charge in [0.1, 0.15) is 11.3 Å². The Bertz CT molecular complexity index is 2510. The van der Waals surface area contributed by atoms with E-state index in [2.05, 4.69) is 38.2 Å². The zero-order valence-electron chi connectivity index (χ0n) is 30.3. The van der Waals surface area contributed by atoms with Crippen LogP contribution < -0.4 is 4.98 Å². The molecular formula is C42H34Cl3CuN8. The summed E-state index contributed by atoms with van der Waals surface area (Å²) in [4.78, 5) is 33.9. The molecule has 54 heavy (non-hydrogen) atoms. The number of fused-ring (bicyclic) bond motifs is 18. The van der Waals surface area contributed by atoms with Gasteiger partial charge in [0.2, 0.25) is 0 Å². The molecule has 0 amide bonds. The van der Waals surface area contributed by atoms with E-state index in [9.17, 15) is 0 Å². The van der Waals surface area contributed by atoms with Crippen molar-refractivity contribution in [2.75, 3.05) is 0 Å². The van der Waals surface area contributed by atoms with Gasteiger partial charge in [0.05, 0.1) is 26.3 Å². The molecule has 0 fully saturated rings. The van der Waals surface area contributed by atoms with E-state index in [-0.39, 0.29) is 22.5 Å². The van der Waals surface area contributed by atoms with Gasteiger partial charge < -0.3 is 19.5 Å². The molecule has 3 atom stereocenters. The van der Waals surface area contributed by atoms with Gasteiger partial charge in [-0.25, -0.2) is 19.9 Å². The van der Waals surface area contributed by atoms with Gasteiger partial charge in [-0.05, 0) is 31.9 Å². The molecule has 6 aliphatic rings.